The predicted octanol–water partition coefficient (Wildman–Crippen LogP) is 2.28. The van der Waals surface area contributed by atoms with Gasteiger partial charge < -0.3 is 4.90 Å². The maximum Gasteiger partial charge on any atom is 0.447 e. The van der Waals surface area contributed by atoms with Gasteiger partial charge in [-0.2, -0.15) is 5.10 Å². The zero-order valence-electron chi connectivity index (χ0n) is 19.7. The van der Waals surface area contributed by atoms with E-state index in [1.807, 2.05) is 38.2 Å². The van der Waals surface area contributed by atoms with Crippen molar-refractivity contribution in [3.8, 4) is 0 Å². The van der Waals surface area contributed by atoms with Crippen molar-refractivity contribution in [2.45, 2.75) is 39.5 Å². The van der Waals surface area contributed by atoms with E-state index in [4.69, 9.17) is 0 Å². The van der Waals surface area contributed by atoms with Crippen molar-refractivity contribution in [2.24, 2.45) is 0 Å². The number of carbonyl (C=O) groups is 2. The molecule has 0 unspecified atom stereocenters. The van der Waals surface area contributed by atoms with Crippen molar-refractivity contribution in [3.63, 3.8) is 0 Å². The third-order valence-electron chi connectivity index (χ3n) is 6.50. The smallest absolute Gasteiger partial charge is 0.338 e. The Morgan fingerprint density at radius 1 is 1.12 bits per heavy atom. The lowest BCUT2D eigenvalue weighted by atomic mass is 9.90. The molecule has 34 heavy (non-hydrogen) atoms. The molecule has 0 saturated carbocycles. The van der Waals surface area contributed by atoms with Crippen molar-refractivity contribution >= 4 is 27.4 Å². The first-order chi connectivity index (χ1) is 16.3. The number of carbonyl (C=O) groups excluding carboxylic acids is 2. The molecule has 1 amide bonds. The van der Waals surface area contributed by atoms with E-state index in [-0.39, 0.29) is 17.6 Å². The van der Waals surface area contributed by atoms with Gasteiger partial charge in [0.25, 0.3) is 5.91 Å². The van der Waals surface area contributed by atoms with Crippen molar-refractivity contribution in [1.82, 2.24) is 18.8 Å². The van der Waals surface area contributed by atoms with Crippen LogP contribution >= 0.6 is 0 Å². The maximum absolute atomic E-state index is 13.1. The van der Waals surface area contributed by atoms with Crippen LogP contribution in [0.1, 0.15) is 65.9 Å². The molecule has 180 valence electrons. The monoisotopic (exact) mass is 484 g/mol. The molecule has 1 saturated heterocycles. The molecule has 3 aromatic heterocycles. The Morgan fingerprint density at radius 3 is 2.35 bits per heavy atom. The molecule has 1 fully saturated rings. The van der Waals surface area contributed by atoms with Gasteiger partial charge in [-0.1, -0.05) is 10.0 Å². The van der Waals surface area contributed by atoms with E-state index >= 15 is 0 Å². The fraction of sp³-hybridized carbons (Fsp3) is 0.417. The number of piperidine rings is 1. The van der Waals surface area contributed by atoms with Crippen molar-refractivity contribution < 1.29 is 22.0 Å². The summed E-state index contributed by atoms with van der Waals surface area (Å²) in [6.07, 6.45) is 5.99. The summed E-state index contributed by atoms with van der Waals surface area (Å²) in [7, 11) is -3.70. The quantitative estimate of drug-likeness (QED) is 0.379. The largest absolute Gasteiger partial charge is 0.447 e. The lowest BCUT2D eigenvalue weighted by Crippen LogP contribution is -2.54. The highest BCUT2D eigenvalue weighted by Crippen LogP contribution is 2.32. The molecule has 3 aromatic rings. The molecule has 0 radical (unpaired) electrons. The SMILES string of the molecule is CCN(CC)C(=O)c1cc2c(C3CCN(S(=O)(=O)[n+]4ccc(C(C)=O)cc4)CC3)cccn2n1. The number of rotatable bonds is 7. The molecule has 9 nitrogen and oxygen atoms in total. The van der Waals surface area contributed by atoms with E-state index in [1.54, 1.807) is 9.42 Å². The number of amides is 1. The van der Waals surface area contributed by atoms with Crippen LogP contribution in [0, 0.1) is 0 Å². The van der Waals surface area contributed by atoms with Crippen LogP contribution in [-0.2, 0) is 10.2 Å². The fourth-order valence-corrected chi connectivity index (χ4v) is 5.86. The van der Waals surface area contributed by atoms with Gasteiger partial charge in [-0.3, -0.25) is 9.59 Å². The van der Waals surface area contributed by atoms with Crippen LogP contribution < -0.4 is 3.97 Å². The van der Waals surface area contributed by atoms with Crippen LogP contribution in [0.3, 0.4) is 0 Å². The van der Waals surface area contributed by atoms with Crippen LogP contribution in [0.15, 0.2) is 48.9 Å². The van der Waals surface area contributed by atoms with Gasteiger partial charge >= 0.3 is 10.2 Å². The molecule has 0 aromatic carbocycles. The van der Waals surface area contributed by atoms with Crippen LogP contribution in [-0.4, -0.2) is 65.1 Å². The van der Waals surface area contributed by atoms with E-state index < -0.39 is 10.2 Å². The number of Topliss-reactive ketones (excluding diaryl/α,β-unsaturated/α-hetero) is 1. The van der Waals surface area contributed by atoms with Crippen LogP contribution in [0.2, 0.25) is 0 Å². The molecular weight excluding hydrogens is 454 g/mol. The average molecular weight is 485 g/mol. The molecule has 0 spiro atoms. The van der Waals surface area contributed by atoms with Gasteiger partial charge in [-0.15, -0.1) is 12.7 Å². The highest BCUT2D eigenvalue weighted by Gasteiger charge is 2.35. The first kappa shape index (κ1) is 24.0. The Labute approximate surface area is 199 Å². The molecule has 1 aliphatic rings. The van der Waals surface area contributed by atoms with E-state index in [1.165, 1.54) is 35.8 Å². The summed E-state index contributed by atoms with van der Waals surface area (Å²) in [6.45, 7) is 7.35. The Balaban J connectivity index is 1.52. The molecular formula is C24H30N5O4S+. The summed E-state index contributed by atoms with van der Waals surface area (Å²) < 4.78 is 30.5. The lowest BCUT2D eigenvalue weighted by molar-refractivity contribution is -0.516. The fourth-order valence-electron chi connectivity index (χ4n) is 4.49. The van der Waals surface area contributed by atoms with Gasteiger partial charge in [0.2, 0.25) is 0 Å². The second kappa shape index (κ2) is 9.63. The van der Waals surface area contributed by atoms with E-state index in [9.17, 15) is 18.0 Å². The molecule has 4 rings (SSSR count). The number of pyridine rings is 2. The summed E-state index contributed by atoms with van der Waals surface area (Å²) >= 11 is 0. The lowest BCUT2D eigenvalue weighted by Gasteiger charge is -2.29. The Hall–Kier alpha value is -3.11. The number of aromatic nitrogens is 3. The molecule has 10 heteroatoms. The normalized spacial score (nSPS) is 15.5. The minimum atomic E-state index is -3.70. The minimum Gasteiger partial charge on any atom is -0.338 e. The van der Waals surface area contributed by atoms with Gasteiger partial charge in [0, 0.05) is 50.1 Å². The Kier molecular flexibility index (Phi) is 6.81. The van der Waals surface area contributed by atoms with Gasteiger partial charge in [-0.25, -0.2) is 4.52 Å². The second-order valence-electron chi connectivity index (χ2n) is 8.45. The highest BCUT2D eigenvalue weighted by molar-refractivity contribution is 7.82. The molecule has 0 N–H and O–H groups in total. The predicted molar refractivity (Wildman–Crippen MR) is 127 cm³/mol. The zero-order chi connectivity index (χ0) is 24.5. The van der Waals surface area contributed by atoms with Crippen LogP contribution in [0.4, 0.5) is 0 Å². The Bertz CT molecular complexity index is 1300. The van der Waals surface area contributed by atoms with Gasteiger partial charge in [0.15, 0.2) is 23.9 Å². The molecule has 0 bridgehead atoms. The van der Waals surface area contributed by atoms with Crippen LogP contribution in [0.5, 0.6) is 0 Å². The minimum absolute atomic E-state index is 0.0895. The summed E-state index contributed by atoms with van der Waals surface area (Å²) in [6, 6.07) is 8.82. The van der Waals surface area contributed by atoms with Crippen molar-refractivity contribution in [3.05, 3.63) is 65.7 Å². The maximum atomic E-state index is 13.1. The number of ketones is 1. The zero-order valence-corrected chi connectivity index (χ0v) is 20.5. The number of hydrogen-bond acceptors (Lipinski definition) is 5. The number of hydrogen-bond donors (Lipinski definition) is 0. The summed E-state index contributed by atoms with van der Waals surface area (Å²) in [5.41, 5.74) is 2.84. The number of nitrogens with zero attached hydrogens (tertiary/aromatic N) is 5. The van der Waals surface area contributed by atoms with E-state index in [0.29, 0.717) is 50.3 Å². The molecule has 1 aliphatic heterocycles. The summed E-state index contributed by atoms with van der Waals surface area (Å²) in [5, 5.41) is 4.49. The first-order valence-corrected chi connectivity index (χ1v) is 13.0. The molecule has 0 aliphatic carbocycles. The van der Waals surface area contributed by atoms with Gasteiger partial charge in [0.1, 0.15) is 0 Å². The van der Waals surface area contributed by atoms with Gasteiger partial charge in [0.05, 0.1) is 5.52 Å². The summed E-state index contributed by atoms with van der Waals surface area (Å²) in [4.78, 5) is 26.0. The molecule has 4 heterocycles. The highest BCUT2D eigenvalue weighted by atomic mass is 32.2. The van der Waals surface area contributed by atoms with Crippen molar-refractivity contribution in [2.75, 3.05) is 26.2 Å². The Morgan fingerprint density at radius 2 is 1.76 bits per heavy atom. The van der Waals surface area contributed by atoms with Crippen LogP contribution in [0.25, 0.3) is 5.52 Å². The second-order valence-corrected chi connectivity index (χ2v) is 10.3. The third-order valence-corrected chi connectivity index (χ3v) is 8.29. The first-order valence-electron chi connectivity index (χ1n) is 11.6. The van der Waals surface area contributed by atoms with E-state index in [2.05, 4.69) is 5.10 Å². The standard InChI is InChI=1S/C24H30N5O4S/c1-4-26(5-2)24(31)22-17-23-21(7-6-12-29(23)25-22)20-10-15-28(16-11-20)34(32,33)27-13-8-19(9-14-27)18(3)30/h6-9,12-14,17,20H,4-5,10-11,15-16H2,1-3H3/q+1. The topological polar surface area (TPSA) is 95.9 Å². The number of fused-ring (bicyclic) bond motifs is 1. The third kappa shape index (κ3) is 4.47. The summed E-state index contributed by atoms with van der Waals surface area (Å²) in [5.74, 6) is -0.0388. The van der Waals surface area contributed by atoms with Gasteiger partial charge in [-0.05, 0) is 57.2 Å². The van der Waals surface area contributed by atoms with E-state index in [0.717, 1.165) is 15.1 Å². The van der Waals surface area contributed by atoms with Crippen molar-refractivity contribution in [1.29, 1.82) is 0 Å². The molecule has 0 atom stereocenters. The average Bonchev–Trinajstić information content (AvgIpc) is 3.29.